The Labute approximate surface area is 125 Å². The Bertz CT molecular complexity index is 529. The Hall–Kier alpha value is -1.95. The number of amides is 1. The summed E-state index contributed by atoms with van der Waals surface area (Å²) in [5, 5.41) is 11.0. The second-order valence-corrected chi connectivity index (χ2v) is 5.70. The highest BCUT2D eigenvalue weighted by atomic mass is 16.6. The summed E-state index contributed by atoms with van der Waals surface area (Å²) in [6.07, 6.45) is 0.666. The maximum absolute atomic E-state index is 12.4. The van der Waals surface area contributed by atoms with E-state index in [0.717, 1.165) is 5.56 Å². The van der Waals surface area contributed by atoms with Crippen LogP contribution in [0.15, 0.2) is 18.2 Å². The molecule has 116 valence electrons. The van der Waals surface area contributed by atoms with Crippen molar-refractivity contribution in [1.82, 2.24) is 4.90 Å². The van der Waals surface area contributed by atoms with E-state index in [-0.39, 0.29) is 23.2 Å². The molecule has 1 aromatic carbocycles. The Balaban J connectivity index is 2.87. The number of hydrogen-bond acceptors (Lipinski definition) is 4. The topological polar surface area (TPSA) is 89.5 Å². The fourth-order valence-corrected chi connectivity index (χ4v) is 1.96. The fraction of sp³-hybridized carbons (Fsp3) is 0.533. The van der Waals surface area contributed by atoms with E-state index in [1.165, 1.54) is 11.0 Å². The summed E-state index contributed by atoms with van der Waals surface area (Å²) in [6, 6.07) is 4.56. The van der Waals surface area contributed by atoms with Gasteiger partial charge in [0.25, 0.3) is 11.6 Å². The van der Waals surface area contributed by atoms with Crippen molar-refractivity contribution in [3.05, 3.63) is 39.4 Å². The van der Waals surface area contributed by atoms with E-state index >= 15 is 0 Å². The van der Waals surface area contributed by atoms with Gasteiger partial charge in [0.2, 0.25) is 0 Å². The average molecular weight is 293 g/mol. The number of nitrogens with two attached hydrogens (primary N) is 1. The SMILES string of the molecule is Cc1ccc([N+](=O)[O-])c(C(=O)N(C)CCC(N)C(C)C)c1. The number of aryl methyl sites for hydroxylation is 1. The minimum atomic E-state index is -0.527. The molecule has 1 unspecified atom stereocenters. The Morgan fingerprint density at radius 1 is 1.43 bits per heavy atom. The van der Waals surface area contributed by atoms with Crippen molar-refractivity contribution < 1.29 is 9.72 Å². The van der Waals surface area contributed by atoms with Crippen molar-refractivity contribution in [2.75, 3.05) is 13.6 Å². The zero-order valence-electron chi connectivity index (χ0n) is 13.0. The lowest BCUT2D eigenvalue weighted by atomic mass is 10.0. The Morgan fingerprint density at radius 3 is 2.57 bits per heavy atom. The summed E-state index contributed by atoms with van der Waals surface area (Å²) in [6.45, 7) is 6.33. The normalized spacial score (nSPS) is 12.3. The second kappa shape index (κ2) is 7.17. The van der Waals surface area contributed by atoms with Crippen LogP contribution in [0.2, 0.25) is 0 Å². The first kappa shape index (κ1) is 17.1. The van der Waals surface area contributed by atoms with E-state index in [0.29, 0.717) is 18.9 Å². The van der Waals surface area contributed by atoms with Crippen LogP contribution >= 0.6 is 0 Å². The molecule has 0 spiro atoms. The van der Waals surface area contributed by atoms with Gasteiger partial charge in [0, 0.05) is 25.7 Å². The van der Waals surface area contributed by atoms with Gasteiger partial charge in [0.05, 0.1) is 4.92 Å². The monoisotopic (exact) mass is 293 g/mol. The lowest BCUT2D eigenvalue weighted by Gasteiger charge is -2.21. The van der Waals surface area contributed by atoms with Gasteiger partial charge in [0.15, 0.2) is 0 Å². The number of rotatable bonds is 6. The molecule has 1 atom stereocenters. The van der Waals surface area contributed by atoms with E-state index in [2.05, 4.69) is 0 Å². The molecule has 1 rings (SSSR count). The van der Waals surface area contributed by atoms with E-state index in [4.69, 9.17) is 5.73 Å². The van der Waals surface area contributed by atoms with Crippen molar-refractivity contribution in [2.24, 2.45) is 11.7 Å². The molecule has 0 saturated carbocycles. The number of carbonyl (C=O) groups excluding carboxylic acids is 1. The third-order valence-electron chi connectivity index (χ3n) is 3.58. The molecular formula is C15H23N3O3. The molecular weight excluding hydrogens is 270 g/mol. The zero-order chi connectivity index (χ0) is 16.2. The van der Waals surface area contributed by atoms with Crippen LogP contribution in [-0.2, 0) is 0 Å². The van der Waals surface area contributed by atoms with E-state index in [1.807, 2.05) is 13.8 Å². The van der Waals surface area contributed by atoms with Crippen LogP contribution in [0.1, 0.15) is 36.2 Å². The predicted octanol–water partition coefficient (Wildman–Crippen LogP) is 2.35. The van der Waals surface area contributed by atoms with Crippen LogP contribution < -0.4 is 5.73 Å². The molecule has 0 aromatic heterocycles. The minimum Gasteiger partial charge on any atom is -0.341 e. The molecule has 2 N–H and O–H groups in total. The number of hydrogen-bond donors (Lipinski definition) is 1. The minimum absolute atomic E-state index is 0.00717. The first-order chi connectivity index (χ1) is 9.73. The summed E-state index contributed by atoms with van der Waals surface area (Å²) in [5.41, 5.74) is 6.74. The van der Waals surface area contributed by atoms with Crippen molar-refractivity contribution in [3.63, 3.8) is 0 Å². The van der Waals surface area contributed by atoms with Crippen LogP contribution in [0.4, 0.5) is 5.69 Å². The summed E-state index contributed by atoms with van der Waals surface area (Å²) in [5.74, 6) is -0.0110. The zero-order valence-corrected chi connectivity index (χ0v) is 13.0. The van der Waals surface area contributed by atoms with Crippen LogP contribution in [0.5, 0.6) is 0 Å². The quantitative estimate of drug-likeness (QED) is 0.644. The molecule has 0 aliphatic carbocycles. The third kappa shape index (κ3) is 4.53. The van der Waals surface area contributed by atoms with Gasteiger partial charge in [0.1, 0.15) is 5.56 Å². The van der Waals surface area contributed by atoms with Gasteiger partial charge in [-0.15, -0.1) is 0 Å². The first-order valence-corrected chi connectivity index (χ1v) is 7.00. The number of nitro benzene ring substituents is 1. The average Bonchev–Trinajstić information content (AvgIpc) is 2.42. The molecule has 6 heteroatoms. The van der Waals surface area contributed by atoms with E-state index in [1.54, 1.807) is 26.1 Å². The van der Waals surface area contributed by atoms with Crippen molar-refractivity contribution in [2.45, 2.75) is 33.2 Å². The van der Waals surface area contributed by atoms with Gasteiger partial charge in [-0.25, -0.2) is 0 Å². The van der Waals surface area contributed by atoms with Crippen molar-refractivity contribution in [1.29, 1.82) is 0 Å². The second-order valence-electron chi connectivity index (χ2n) is 5.70. The summed E-state index contributed by atoms with van der Waals surface area (Å²) in [7, 11) is 1.64. The van der Waals surface area contributed by atoms with Crippen LogP contribution in [0.25, 0.3) is 0 Å². The van der Waals surface area contributed by atoms with E-state index in [9.17, 15) is 14.9 Å². The molecule has 0 aliphatic heterocycles. The van der Waals surface area contributed by atoms with Gasteiger partial charge in [-0.2, -0.15) is 0 Å². The lowest BCUT2D eigenvalue weighted by molar-refractivity contribution is -0.385. The maximum atomic E-state index is 12.4. The van der Waals surface area contributed by atoms with E-state index < -0.39 is 4.92 Å². The number of benzene rings is 1. The maximum Gasteiger partial charge on any atom is 0.282 e. The molecule has 0 saturated heterocycles. The number of carbonyl (C=O) groups is 1. The largest absolute Gasteiger partial charge is 0.341 e. The molecule has 0 fully saturated rings. The fourth-order valence-electron chi connectivity index (χ4n) is 1.96. The Kier molecular flexibility index (Phi) is 5.84. The summed E-state index contributed by atoms with van der Waals surface area (Å²) < 4.78 is 0. The lowest BCUT2D eigenvalue weighted by Crippen LogP contribution is -2.34. The highest BCUT2D eigenvalue weighted by Crippen LogP contribution is 2.21. The molecule has 6 nitrogen and oxygen atoms in total. The number of nitrogens with zero attached hydrogens (tertiary/aromatic N) is 2. The van der Waals surface area contributed by atoms with Crippen molar-refractivity contribution in [3.8, 4) is 0 Å². The molecule has 0 bridgehead atoms. The molecule has 0 aliphatic rings. The van der Waals surface area contributed by atoms with Gasteiger partial charge < -0.3 is 10.6 Å². The molecule has 1 aromatic rings. The predicted molar refractivity (Wildman–Crippen MR) is 82.2 cm³/mol. The smallest absolute Gasteiger partial charge is 0.282 e. The van der Waals surface area contributed by atoms with Crippen LogP contribution in [0, 0.1) is 23.0 Å². The van der Waals surface area contributed by atoms with Crippen LogP contribution in [0.3, 0.4) is 0 Å². The standard InChI is InChI=1S/C15H23N3O3/c1-10(2)13(16)7-8-17(4)15(19)12-9-11(3)5-6-14(12)18(20)21/h5-6,9-10,13H,7-8,16H2,1-4H3. The van der Waals surface area contributed by atoms with Gasteiger partial charge in [-0.1, -0.05) is 19.9 Å². The van der Waals surface area contributed by atoms with Crippen molar-refractivity contribution >= 4 is 11.6 Å². The number of nitro groups is 1. The summed E-state index contributed by atoms with van der Waals surface area (Å²) >= 11 is 0. The highest BCUT2D eigenvalue weighted by Gasteiger charge is 2.23. The molecule has 0 radical (unpaired) electrons. The third-order valence-corrected chi connectivity index (χ3v) is 3.58. The van der Waals surface area contributed by atoms with Gasteiger partial charge >= 0.3 is 0 Å². The molecule has 1 amide bonds. The summed E-state index contributed by atoms with van der Waals surface area (Å²) in [4.78, 5) is 24.4. The van der Waals surface area contributed by atoms with Gasteiger partial charge in [-0.05, 0) is 30.9 Å². The first-order valence-electron chi connectivity index (χ1n) is 7.00. The van der Waals surface area contributed by atoms with Gasteiger partial charge in [-0.3, -0.25) is 14.9 Å². The van der Waals surface area contributed by atoms with Crippen LogP contribution in [-0.4, -0.2) is 35.4 Å². The molecule has 21 heavy (non-hydrogen) atoms. The molecule has 0 heterocycles. The highest BCUT2D eigenvalue weighted by molar-refractivity contribution is 5.98. The Morgan fingerprint density at radius 2 is 2.05 bits per heavy atom.